The van der Waals surface area contributed by atoms with Gasteiger partial charge >= 0.3 is 0 Å². The van der Waals surface area contributed by atoms with Gasteiger partial charge in [0.2, 0.25) is 5.91 Å². The Bertz CT molecular complexity index is 881. The Balaban J connectivity index is 2.13. The maximum absolute atomic E-state index is 13.1. The number of halogens is 1. The van der Waals surface area contributed by atoms with Gasteiger partial charge in [-0.3, -0.25) is 9.10 Å². The second-order valence-electron chi connectivity index (χ2n) is 5.72. The van der Waals surface area contributed by atoms with E-state index in [4.69, 9.17) is 11.6 Å². The lowest BCUT2D eigenvalue weighted by molar-refractivity contribution is -0.117. The first kappa shape index (κ1) is 16.8. The number of carbonyl (C=O) groups excluding carboxylic acids is 1. The van der Waals surface area contributed by atoms with Crippen LogP contribution in [0.15, 0.2) is 53.4 Å². The van der Waals surface area contributed by atoms with Crippen LogP contribution < -0.4 is 9.21 Å². The van der Waals surface area contributed by atoms with E-state index < -0.39 is 10.0 Å². The van der Waals surface area contributed by atoms with Gasteiger partial charge in [-0.05, 0) is 43.3 Å². The van der Waals surface area contributed by atoms with E-state index in [1.165, 1.54) is 23.4 Å². The molecule has 2 aromatic carbocycles. The van der Waals surface area contributed by atoms with Gasteiger partial charge < -0.3 is 4.90 Å². The van der Waals surface area contributed by atoms with E-state index in [2.05, 4.69) is 0 Å². The first-order valence-electron chi connectivity index (χ1n) is 7.49. The molecular weight excluding hydrogens is 348 g/mol. The van der Waals surface area contributed by atoms with Crippen LogP contribution in [0.25, 0.3) is 0 Å². The normalized spacial score (nSPS) is 17.5. The van der Waals surface area contributed by atoms with E-state index >= 15 is 0 Å². The molecule has 2 aromatic rings. The molecule has 0 saturated carbocycles. The van der Waals surface area contributed by atoms with Crippen molar-refractivity contribution in [3.63, 3.8) is 0 Å². The SMILES string of the molecule is CC(=O)N1c2ccccc2N(S(=O)(=O)c2ccc(Cl)cc2)C[C@@H]1C. The molecule has 1 atom stereocenters. The number of hydrogen-bond acceptors (Lipinski definition) is 3. The second kappa shape index (κ2) is 6.11. The smallest absolute Gasteiger partial charge is 0.264 e. The summed E-state index contributed by atoms with van der Waals surface area (Å²) in [5.41, 5.74) is 1.10. The number of sulfonamides is 1. The van der Waals surface area contributed by atoms with E-state index in [0.717, 1.165) is 0 Å². The van der Waals surface area contributed by atoms with Crippen LogP contribution in [0.2, 0.25) is 5.02 Å². The molecule has 1 amide bonds. The molecule has 0 radical (unpaired) electrons. The fourth-order valence-corrected chi connectivity index (χ4v) is 4.66. The molecule has 1 heterocycles. The van der Waals surface area contributed by atoms with Crippen molar-refractivity contribution in [1.82, 2.24) is 0 Å². The van der Waals surface area contributed by atoms with E-state index in [9.17, 15) is 13.2 Å². The quantitative estimate of drug-likeness (QED) is 0.821. The summed E-state index contributed by atoms with van der Waals surface area (Å²) in [5.74, 6) is -0.113. The van der Waals surface area contributed by atoms with Crippen molar-refractivity contribution in [2.24, 2.45) is 0 Å². The summed E-state index contributed by atoms with van der Waals surface area (Å²) in [7, 11) is -3.74. The predicted octanol–water partition coefficient (Wildman–Crippen LogP) is 3.29. The molecule has 0 aliphatic carbocycles. The van der Waals surface area contributed by atoms with Gasteiger partial charge in [-0.25, -0.2) is 8.42 Å². The molecule has 0 aromatic heterocycles. The van der Waals surface area contributed by atoms with Crippen molar-refractivity contribution in [3.8, 4) is 0 Å². The largest absolute Gasteiger partial charge is 0.306 e. The van der Waals surface area contributed by atoms with Crippen molar-refractivity contribution in [3.05, 3.63) is 53.6 Å². The lowest BCUT2D eigenvalue weighted by Gasteiger charge is -2.40. The molecule has 0 unspecified atom stereocenters. The average molecular weight is 365 g/mol. The molecule has 0 N–H and O–H groups in total. The zero-order chi connectivity index (χ0) is 17.5. The highest BCUT2D eigenvalue weighted by molar-refractivity contribution is 7.92. The molecule has 0 saturated heterocycles. The molecule has 7 heteroatoms. The zero-order valence-corrected chi connectivity index (χ0v) is 14.9. The molecular formula is C17H17ClN2O3S. The number of fused-ring (bicyclic) bond motifs is 1. The number of benzene rings is 2. The Kier molecular flexibility index (Phi) is 4.27. The first-order chi connectivity index (χ1) is 11.3. The van der Waals surface area contributed by atoms with Gasteiger partial charge in [-0.2, -0.15) is 0 Å². The van der Waals surface area contributed by atoms with E-state index in [1.54, 1.807) is 41.3 Å². The maximum atomic E-state index is 13.1. The highest BCUT2D eigenvalue weighted by Crippen LogP contribution is 2.38. The van der Waals surface area contributed by atoms with Crippen molar-refractivity contribution in [2.75, 3.05) is 15.7 Å². The molecule has 0 fully saturated rings. The van der Waals surface area contributed by atoms with Crippen LogP contribution in [0.3, 0.4) is 0 Å². The second-order valence-corrected chi connectivity index (χ2v) is 8.02. The molecule has 0 bridgehead atoms. The van der Waals surface area contributed by atoms with Crippen molar-refractivity contribution < 1.29 is 13.2 Å². The Morgan fingerprint density at radius 1 is 1.08 bits per heavy atom. The van der Waals surface area contributed by atoms with E-state index in [0.29, 0.717) is 16.4 Å². The highest BCUT2D eigenvalue weighted by Gasteiger charge is 2.36. The predicted molar refractivity (Wildman–Crippen MR) is 95.0 cm³/mol. The number of anilines is 2. The lowest BCUT2D eigenvalue weighted by atomic mass is 10.1. The summed E-state index contributed by atoms with van der Waals surface area (Å²) in [6, 6.07) is 12.8. The van der Waals surface area contributed by atoms with Gasteiger partial charge in [0.05, 0.1) is 28.9 Å². The molecule has 24 heavy (non-hydrogen) atoms. The van der Waals surface area contributed by atoms with Gasteiger partial charge in [-0.1, -0.05) is 23.7 Å². The summed E-state index contributed by atoms with van der Waals surface area (Å²) >= 11 is 5.85. The van der Waals surface area contributed by atoms with Crippen LogP contribution in [0.5, 0.6) is 0 Å². The number of para-hydroxylation sites is 2. The third-order valence-corrected chi connectivity index (χ3v) is 6.07. The topological polar surface area (TPSA) is 57.7 Å². The average Bonchev–Trinajstić information content (AvgIpc) is 2.54. The Labute approximate surface area is 146 Å². The molecule has 3 rings (SSSR count). The molecule has 1 aliphatic heterocycles. The molecule has 126 valence electrons. The zero-order valence-electron chi connectivity index (χ0n) is 13.3. The van der Waals surface area contributed by atoms with Crippen LogP contribution in [0.1, 0.15) is 13.8 Å². The number of amides is 1. The number of rotatable bonds is 2. The minimum Gasteiger partial charge on any atom is -0.306 e. The Morgan fingerprint density at radius 2 is 1.67 bits per heavy atom. The Hall–Kier alpha value is -2.05. The summed E-state index contributed by atoms with van der Waals surface area (Å²) in [4.78, 5) is 13.8. The fourth-order valence-electron chi connectivity index (χ4n) is 2.98. The molecule has 5 nitrogen and oxygen atoms in total. The number of hydrogen-bond donors (Lipinski definition) is 0. The van der Waals surface area contributed by atoms with E-state index in [1.807, 2.05) is 6.92 Å². The lowest BCUT2D eigenvalue weighted by Crippen LogP contribution is -2.51. The van der Waals surface area contributed by atoms with Crippen molar-refractivity contribution in [2.45, 2.75) is 24.8 Å². The van der Waals surface area contributed by atoms with Crippen LogP contribution in [0.4, 0.5) is 11.4 Å². The summed E-state index contributed by atoms with van der Waals surface area (Å²) in [6.45, 7) is 3.51. The highest BCUT2D eigenvalue weighted by atomic mass is 35.5. The molecule has 1 aliphatic rings. The van der Waals surface area contributed by atoms with Crippen LogP contribution >= 0.6 is 11.6 Å². The van der Waals surface area contributed by atoms with Gasteiger partial charge in [0.25, 0.3) is 10.0 Å². The third-order valence-electron chi connectivity index (χ3n) is 4.02. The van der Waals surface area contributed by atoms with Crippen molar-refractivity contribution >= 4 is 38.9 Å². The molecule has 0 spiro atoms. The number of nitrogens with zero attached hydrogens (tertiary/aromatic N) is 2. The van der Waals surface area contributed by atoms with E-state index in [-0.39, 0.29) is 23.4 Å². The standard InChI is InChI=1S/C17H17ClN2O3S/c1-12-11-19(24(22,23)15-9-7-14(18)8-10-15)16-5-3-4-6-17(16)20(12)13(2)21/h3-10,12H,11H2,1-2H3/t12-/m0/s1. The summed E-state index contributed by atoms with van der Waals surface area (Å²) in [5, 5.41) is 0.476. The van der Waals surface area contributed by atoms with Crippen LogP contribution in [0, 0.1) is 0 Å². The van der Waals surface area contributed by atoms with Gasteiger partial charge in [0, 0.05) is 11.9 Å². The summed E-state index contributed by atoms with van der Waals surface area (Å²) < 4.78 is 27.5. The maximum Gasteiger partial charge on any atom is 0.264 e. The van der Waals surface area contributed by atoms with Crippen LogP contribution in [-0.4, -0.2) is 26.9 Å². The fraction of sp³-hybridized carbons (Fsp3) is 0.235. The Morgan fingerprint density at radius 3 is 2.25 bits per heavy atom. The number of carbonyl (C=O) groups is 1. The third kappa shape index (κ3) is 2.76. The van der Waals surface area contributed by atoms with Crippen molar-refractivity contribution in [1.29, 1.82) is 0 Å². The minimum absolute atomic E-state index is 0.113. The van der Waals surface area contributed by atoms with Gasteiger partial charge in [0.15, 0.2) is 0 Å². The van der Waals surface area contributed by atoms with Gasteiger partial charge in [-0.15, -0.1) is 0 Å². The van der Waals surface area contributed by atoms with Gasteiger partial charge in [0.1, 0.15) is 0 Å². The first-order valence-corrected chi connectivity index (χ1v) is 9.31. The monoisotopic (exact) mass is 364 g/mol. The minimum atomic E-state index is -3.74. The van der Waals surface area contributed by atoms with Crippen LogP contribution in [-0.2, 0) is 14.8 Å². The summed E-state index contributed by atoms with van der Waals surface area (Å²) in [6.07, 6.45) is 0.